The van der Waals surface area contributed by atoms with Crippen LogP contribution in [-0.4, -0.2) is 87.6 Å². The smallest absolute Gasteiger partial charge is 0.367 e. The lowest BCUT2D eigenvalue weighted by Crippen LogP contribution is -2.54. The molecule has 0 radical (unpaired) electrons. The highest BCUT2D eigenvalue weighted by molar-refractivity contribution is 7.92. The zero-order valence-corrected chi connectivity index (χ0v) is 27.0. The summed E-state index contributed by atoms with van der Waals surface area (Å²) in [6, 6.07) is 6.60. The van der Waals surface area contributed by atoms with Crippen LogP contribution in [0.1, 0.15) is 42.6 Å². The van der Waals surface area contributed by atoms with Gasteiger partial charge in [0.1, 0.15) is 0 Å². The minimum Gasteiger partial charge on any atom is -0.367 e. The summed E-state index contributed by atoms with van der Waals surface area (Å²) >= 11 is 6.27. The Morgan fingerprint density at radius 3 is 2.52 bits per heavy atom. The van der Waals surface area contributed by atoms with Crippen molar-refractivity contribution < 1.29 is 40.0 Å². The fourth-order valence-electron chi connectivity index (χ4n) is 5.68. The Kier molecular flexibility index (Phi) is 11.5. The van der Waals surface area contributed by atoms with E-state index >= 15 is 8.78 Å². The van der Waals surface area contributed by atoms with Crippen LogP contribution in [0.15, 0.2) is 30.3 Å². The Morgan fingerprint density at radius 2 is 1.85 bits per heavy atom. The molecule has 2 aromatic rings. The number of amides is 2. The average Bonchev–Trinajstić information content (AvgIpc) is 2.97. The van der Waals surface area contributed by atoms with E-state index in [1.165, 1.54) is 12.1 Å². The maximum Gasteiger partial charge on any atom is 0.390 e. The standard InChI is InChI=1S/C30H37ClF5N5O4S/c1-18(2)13-21-17-41(11-10-40(21)9-7-30(34,35)36)24-14-20(31)4-6-23(24)39-28(42)22-5-3-19(26(32)27(22)33)15-38-29(43)25-16-37-8-12-46(25,44)45/h3-6,14,18,21,25,37H,7-13,15-17H2,1-2H3,(H,38,43)(H,39,42)/t21-,25?/m0/s1. The molecule has 2 aliphatic rings. The SMILES string of the molecule is CC(C)C[C@H]1CN(c2cc(Cl)ccc2NC(=O)c2ccc(CNC(=O)C3CNCCS3(=O)=O)c(F)c2F)CCN1CCC(F)(F)F. The van der Waals surface area contributed by atoms with Crippen LogP contribution in [-0.2, 0) is 21.2 Å². The normalized spacial score (nSPS) is 20.5. The van der Waals surface area contributed by atoms with Crippen molar-refractivity contribution in [3.05, 3.63) is 58.1 Å². The van der Waals surface area contributed by atoms with Crippen molar-refractivity contribution in [3.8, 4) is 0 Å². The van der Waals surface area contributed by atoms with Gasteiger partial charge in [-0.2, -0.15) is 13.2 Å². The summed E-state index contributed by atoms with van der Waals surface area (Å²) < 4.78 is 93.4. The molecule has 0 saturated carbocycles. The first kappa shape index (κ1) is 35.8. The fraction of sp³-hybridized carbons (Fsp3) is 0.533. The first-order valence-electron chi connectivity index (χ1n) is 14.9. The zero-order chi connectivity index (χ0) is 33.8. The molecule has 0 spiro atoms. The van der Waals surface area contributed by atoms with Crippen LogP contribution in [0, 0.1) is 17.6 Å². The lowest BCUT2D eigenvalue weighted by molar-refractivity contribution is -0.139. The molecule has 16 heteroatoms. The second kappa shape index (κ2) is 14.8. The molecule has 0 bridgehead atoms. The molecular weight excluding hydrogens is 657 g/mol. The molecule has 46 heavy (non-hydrogen) atoms. The monoisotopic (exact) mass is 693 g/mol. The molecular formula is C30H37ClF5N5O4S. The Labute approximate surface area is 269 Å². The van der Waals surface area contributed by atoms with E-state index in [1.54, 1.807) is 6.07 Å². The molecule has 1 unspecified atom stereocenters. The van der Waals surface area contributed by atoms with E-state index in [0.29, 0.717) is 36.8 Å². The maximum atomic E-state index is 15.1. The van der Waals surface area contributed by atoms with Crippen LogP contribution in [0.3, 0.4) is 0 Å². The van der Waals surface area contributed by atoms with Crippen molar-refractivity contribution >= 4 is 44.6 Å². The highest BCUT2D eigenvalue weighted by Gasteiger charge is 2.35. The van der Waals surface area contributed by atoms with Crippen molar-refractivity contribution in [2.45, 2.75) is 50.7 Å². The van der Waals surface area contributed by atoms with Crippen LogP contribution < -0.4 is 20.9 Å². The quantitative estimate of drug-likeness (QED) is 0.318. The van der Waals surface area contributed by atoms with Gasteiger partial charge in [-0.15, -0.1) is 0 Å². The molecule has 2 atom stereocenters. The van der Waals surface area contributed by atoms with Gasteiger partial charge >= 0.3 is 6.18 Å². The Hall–Kier alpha value is -3.01. The fourth-order valence-corrected chi connectivity index (χ4v) is 7.34. The van der Waals surface area contributed by atoms with Gasteiger partial charge in [0.15, 0.2) is 26.7 Å². The summed E-state index contributed by atoms with van der Waals surface area (Å²) in [6.45, 7) is 4.51. The van der Waals surface area contributed by atoms with E-state index < -0.39 is 63.2 Å². The highest BCUT2D eigenvalue weighted by Crippen LogP contribution is 2.33. The van der Waals surface area contributed by atoms with Gasteiger partial charge in [-0.05, 0) is 36.6 Å². The topological polar surface area (TPSA) is 111 Å². The van der Waals surface area contributed by atoms with E-state index in [1.807, 2.05) is 23.6 Å². The Bertz CT molecular complexity index is 1540. The average molecular weight is 694 g/mol. The molecule has 2 heterocycles. The molecule has 0 aliphatic carbocycles. The number of benzene rings is 2. The lowest BCUT2D eigenvalue weighted by Gasteiger charge is -2.43. The molecule has 4 rings (SSSR count). The third kappa shape index (κ3) is 9.07. The van der Waals surface area contributed by atoms with Crippen LogP contribution >= 0.6 is 11.6 Å². The molecule has 9 nitrogen and oxygen atoms in total. The van der Waals surface area contributed by atoms with Gasteiger partial charge in [0.2, 0.25) is 5.91 Å². The van der Waals surface area contributed by atoms with Gasteiger partial charge in [0.25, 0.3) is 5.91 Å². The van der Waals surface area contributed by atoms with Gasteiger partial charge < -0.3 is 20.9 Å². The molecule has 0 aromatic heterocycles. The summed E-state index contributed by atoms with van der Waals surface area (Å²) in [5, 5.41) is 6.72. The zero-order valence-electron chi connectivity index (χ0n) is 25.4. The summed E-state index contributed by atoms with van der Waals surface area (Å²) in [6.07, 6.45) is -4.56. The van der Waals surface area contributed by atoms with E-state index in [4.69, 9.17) is 11.6 Å². The summed E-state index contributed by atoms with van der Waals surface area (Å²) in [5.41, 5.74) is -0.158. The van der Waals surface area contributed by atoms with Crippen molar-refractivity contribution in [2.24, 2.45) is 5.92 Å². The van der Waals surface area contributed by atoms with Crippen LogP contribution in [0.2, 0.25) is 5.02 Å². The molecule has 254 valence electrons. The van der Waals surface area contributed by atoms with E-state index in [2.05, 4.69) is 16.0 Å². The van der Waals surface area contributed by atoms with E-state index in [9.17, 15) is 31.2 Å². The van der Waals surface area contributed by atoms with Gasteiger partial charge in [-0.1, -0.05) is 31.5 Å². The third-order valence-corrected chi connectivity index (χ3v) is 10.3. The molecule has 2 aliphatic heterocycles. The van der Waals surface area contributed by atoms with Crippen molar-refractivity contribution in [2.75, 3.05) is 55.2 Å². The van der Waals surface area contributed by atoms with Crippen molar-refractivity contribution in [1.82, 2.24) is 15.5 Å². The summed E-state index contributed by atoms with van der Waals surface area (Å²) in [5.74, 6) is -4.65. The largest absolute Gasteiger partial charge is 0.390 e. The van der Waals surface area contributed by atoms with Crippen molar-refractivity contribution in [1.29, 1.82) is 0 Å². The number of piperazine rings is 1. The number of sulfone groups is 1. The minimum absolute atomic E-state index is 0.0943. The third-order valence-electron chi connectivity index (χ3n) is 8.06. The second-order valence-electron chi connectivity index (χ2n) is 11.9. The van der Waals surface area contributed by atoms with Gasteiger partial charge in [-0.25, -0.2) is 17.2 Å². The number of alkyl halides is 3. The van der Waals surface area contributed by atoms with Gasteiger partial charge in [-0.3, -0.25) is 14.5 Å². The summed E-state index contributed by atoms with van der Waals surface area (Å²) in [4.78, 5) is 29.3. The molecule has 2 saturated heterocycles. The molecule has 3 N–H and O–H groups in total. The number of carbonyl (C=O) groups excluding carboxylic acids is 2. The first-order chi connectivity index (χ1) is 21.6. The number of rotatable bonds is 10. The predicted molar refractivity (Wildman–Crippen MR) is 166 cm³/mol. The van der Waals surface area contributed by atoms with Crippen LogP contribution in [0.4, 0.5) is 33.3 Å². The molecule has 2 fully saturated rings. The van der Waals surface area contributed by atoms with E-state index in [-0.39, 0.29) is 48.6 Å². The van der Waals surface area contributed by atoms with E-state index in [0.717, 1.165) is 12.1 Å². The number of nitrogens with zero attached hydrogens (tertiary/aromatic N) is 2. The first-order valence-corrected chi connectivity index (χ1v) is 17.0. The minimum atomic E-state index is -4.28. The predicted octanol–water partition coefficient (Wildman–Crippen LogP) is 4.36. The second-order valence-corrected chi connectivity index (χ2v) is 14.7. The number of nitrogens with one attached hydrogen (secondary N) is 3. The molecule has 2 amide bonds. The lowest BCUT2D eigenvalue weighted by atomic mass is 9.99. The highest BCUT2D eigenvalue weighted by atomic mass is 35.5. The maximum absolute atomic E-state index is 15.1. The summed E-state index contributed by atoms with van der Waals surface area (Å²) in [7, 11) is -3.68. The number of hydrogen-bond acceptors (Lipinski definition) is 7. The van der Waals surface area contributed by atoms with Gasteiger partial charge in [0.05, 0.1) is 29.1 Å². The van der Waals surface area contributed by atoms with Crippen LogP contribution in [0.5, 0.6) is 0 Å². The van der Waals surface area contributed by atoms with Gasteiger partial charge in [0, 0.05) is 62.4 Å². The Balaban J connectivity index is 1.48. The number of anilines is 2. The number of hydrogen-bond donors (Lipinski definition) is 3. The number of halogens is 6. The van der Waals surface area contributed by atoms with Crippen LogP contribution in [0.25, 0.3) is 0 Å². The Morgan fingerprint density at radius 1 is 1.11 bits per heavy atom. The number of carbonyl (C=O) groups is 2. The van der Waals surface area contributed by atoms with Crippen molar-refractivity contribution in [3.63, 3.8) is 0 Å². The molecule has 2 aromatic carbocycles.